The van der Waals surface area contributed by atoms with Crippen LogP contribution in [0.5, 0.6) is 0 Å². The minimum atomic E-state index is -1.40. The van der Waals surface area contributed by atoms with Crippen LogP contribution in [0, 0.1) is 0 Å². The van der Waals surface area contributed by atoms with Crippen LogP contribution >= 0.6 is 23.2 Å². The van der Waals surface area contributed by atoms with Gasteiger partial charge >= 0.3 is 0 Å². The zero-order chi connectivity index (χ0) is 12.1. The van der Waals surface area contributed by atoms with Gasteiger partial charge < -0.3 is 19.7 Å². The van der Waals surface area contributed by atoms with Crippen LogP contribution in [0.25, 0.3) is 0 Å². The smallest absolute Gasteiger partial charge is 0.209 e. The van der Waals surface area contributed by atoms with Gasteiger partial charge in [-0.3, -0.25) is 0 Å². The van der Waals surface area contributed by atoms with Crippen LogP contribution in [0.15, 0.2) is 22.9 Å². The van der Waals surface area contributed by atoms with Crippen molar-refractivity contribution < 1.29 is 19.7 Å². The van der Waals surface area contributed by atoms with E-state index in [1.54, 1.807) is 13.0 Å². The highest BCUT2D eigenvalue weighted by Gasteiger charge is 2.80. The molecule has 1 fully saturated rings. The number of aliphatic hydroxyl groups is 2. The molecule has 90 valence electrons. The number of hydrogen-bond donors (Lipinski definition) is 2. The third-order valence-electron chi connectivity index (χ3n) is 2.98. The molecule has 1 aliphatic carbocycles. The fourth-order valence-electron chi connectivity index (χ4n) is 2.02. The summed E-state index contributed by atoms with van der Waals surface area (Å²) in [5.74, 6) is 0.196. The first-order valence-electron chi connectivity index (χ1n) is 4.77. The van der Waals surface area contributed by atoms with Crippen molar-refractivity contribution in [3.05, 3.63) is 22.9 Å². The summed E-state index contributed by atoms with van der Waals surface area (Å²) in [5, 5.41) is 18.7. The molecule has 4 nitrogen and oxygen atoms in total. The molecule has 2 rings (SSSR count). The number of allylic oxidation sites excluding steroid dienone is 1. The van der Waals surface area contributed by atoms with Crippen LogP contribution in [0.3, 0.4) is 0 Å². The number of alkyl halides is 1. The minimum Gasteiger partial charge on any atom is -0.498 e. The molecule has 16 heavy (non-hydrogen) atoms. The Balaban J connectivity index is 2.47. The Bertz CT molecular complexity index is 381. The Kier molecular flexibility index (Phi) is 2.76. The molecule has 1 aliphatic heterocycles. The molecule has 0 bridgehead atoms. The molecule has 0 aromatic carbocycles. The second-order valence-electron chi connectivity index (χ2n) is 3.74. The highest BCUT2D eigenvalue weighted by atomic mass is 35.5. The molecule has 1 heterocycles. The van der Waals surface area contributed by atoms with E-state index < -0.39 is 22.9 Å². The van der Waals surface area contributed by atoms with Gasteiger partial charge in [-0.05, 0) is 13.0 Å². The van der Waals surface area contributed by atoms with Gasteiger partial charge in [-0.25, -0.2) is 0 Å². The van der Waals surface area contributed by atoms with Gasteiger partial charge in [0.25, 0.3) is 0 Å². The number of methoxy groups -OCH3 is 1. The Labute approximate surface area is 103 Å². The van der Waals surface area contributed by atoms with Crippen LogP contribution in [-0.4, -0.2) is 40.2 Å². The van der Waals surface area contributed by atoms with Crippen molar-refractivity contribution in [1.29, 1.82) is 0 Å². The van der Waals surface area contributed by atoms with Crippen molar-refractivity contribution >= 4 is 23.2 Å². The summed E-state index contributed by atoms with van der Waals surface area (Å²) >= 11 is 12.1. The average Bonchev–Trinajstić information content (AvgIpc) is 2.93. The average molecular weight is 267 g/mol. The fraction of sp³-hybridized carbons (Fsp3) is 0.600. The third kappa shape index (κ3) is 1.22. The lowest BCUT2D eigenvalue weighted by atomic mass is 9.87. The third-order valence-corrected chi connectivity index (χ3v) is 4.06. The Morgan fingerprint density at radius 2 is 2.25 bits per heavy atom. The van der Waals surface area contributed by atoms with E-state index in [-0.39, 0.29) is 10.8 Å². The van der Waals surface area contributed by atoms with Crippen molar-refractivity contribution in [2.45, 2.75) is 29.8 Å². The molecule has 6 heteroatoms. The maximum Gasteiger partial charge on any atom is 0.209 e. The first-order valence-corrected chi connectivity index (χ1v) is 5.52. The van der Waals surface area contributed by atoms with Crippen LogP contribution in [0.4, 0.5) is 0 Å². The van der Waals surface area contributed by atoms with Gasteiger partial charge in [0.2, 0.25) is 5.06 Å². The molecule has 0 saturated carbocycles. The fourth-order valence-corrected chi connectivity index (χ4v) is 2.74. The molecule has 0 spiro atoms. The zero-order valence-electron chi connectivity index (χ0n) is 8.78. The van der Waals surface area contributed by atoms with E-state index in [0.29, 0.717) is 0 Å². The van der Waals surface area contributed by atoms with Crippen molar-refractivity contribution in [1.82, 2.24) is 0 Å². The number of fused-ring (bicyclic) bond motifs is 1. The Morgan fingerprint density at radius 3 is 2.75 bits per heavy atom. The van der Waals surface area contributed by atoms with E-state index >= 15 is 0 Å². The van der Waals surface area contributed by atoms with Gasteiger partial charge in [-0.2, -0.15) is 0 Å². The number of ether oxygens (including phenoxy) is 2. The predicted molar refractivity (Wildman–Crippen MR) is 59.1 cm³/mol. The highest BCUT2D eigenvalue weighted by Crippen LogP contribution is 2.64. The molecule has 4 atom stereocenters. The first kappa shape index (κ1) is 12.2. The summed E-state index contributed by atoms with van der Waals surface area (Å²) in [7, 11) is 1.39. The molecule has 0 amide bonds. The van der Waals surface area contributed by atoms with Crippen molar-refractivity contribution in [3.8, 4) is 0 Å². The van der Waals surface area contributed by atoms with Crippen LogP contribution in [0.1, 0.15) is 6.92 Å². The molecular formula is C10H12Cl2O4. The number of aliphatic hydroxyl groups excluding tert-OH is 2. The molecule has 1 saturated heterocycles. The van der Waals surface area contributed by atoms with Gasteiger partial charge in [-0.15, -0.1) is 0 Å². The summed E-state index contributed by atoms with van der Waals surface area (Å²) in [4.78, 5) is 0. The lowest BCUT2D eigenvalue weighted by Gasteiger charge is -2.28. The Hall–Kier alpha value is -0.260. The molecule has 0 radical (unpaired) electrons. The normalized spacial score (nSPS) is 47.1. The molecule has 0 aromatic rings. The van der Waals surface area contributed by atoms with E-state index in [1.165, 1.54) is 13.2 Å². The predicted octanol–water partition coefficient (Wildman–Crippen LogP) is 1.10. The largest absolute Gasteiger partial charge is 0.498 e. The summed E-state index contributed by atoms with van der Waals surface area (Å²) in [6, 6.07) is 0. The van der Waals surface area contributed by atoms with Crippen molar-refractivity contribution in [2.75, 3.05) is 7.11 Å². The topological polar surface area (TPSA) is 62.2 Å². The SMILES string of the molecule is CC=C(Cl)C12OC1(Cl)C(O)C=C(OC)C2O. The summed E-state index contributed by atoms with van der Waals surface area (Å²) in [6.07, 6.45) is 0.687. The lowest BCUT2D eigenvalue weighted by Crippen LogP contribution is -2.46. The van der Waals surface area contributed by atoms with Crippen LogP contribution in [-0.2, 0) is 9.47 Å². The number of hydrogen-bond acceptors (Lipinski definition) is 4. The summed E-state index contributed by atoms with van der Waals surface area (Å²) in [5.41, 5.74) is -1.30. The minimum absolute atomic E-state index is 0.196. The molecule has 2 aliphatic rings. The molecule has 0 aromatic heterocycles. The van der Waals surface area contributed by atoms with E-state index in [0.717, 1.165) is 0 Å². The second kappa shape index (κ2) is 3.62. The monoisotopic (exact) mass is 266 g/mol. The number of halogens is 2. The highest BCUT2D eigenvalue weighted by molar-refractivity contribution is 6.35. The second-order valence-corrected chi connectivity index (χ2v) is 4.71. The Morgan fingerprint density at radius 1 is 1.62 bits per heavy atom. The van der Waals surface area contributed by atoms with Gasteiger partial charge in [0.15, 0.2) is 5.60 Å². The lowest BCUT2D eigenvalue weighted by molar-refractivity contribution is 0.0665. The maximum atomic E-state index is 10.1. The van der Waals surface area contributed by atoms with Crippen molar-refractivity contribution in [3.63, 3.8) is 0 Å². The van der Waals surface area contributed by atoms with Crippen LogP contribution in [0.2, 0.25) is 0 Å². The maximum absolute atomic E-state index is 10.1. The summed E-state index contributed by atoms with van der Waals surface area (Å²) < 4.78 is 10.3. The molecule has 4 unspecified atom stereocenters. The number of rotatable bonds is 2. The standard InChI is InChI=1S/C10H12Cl2O4/c1-3-6(11)9-8(14)5(15-2)4-7(13)10(9,12)16-9/h3-4,7-8,13-14H,1-2H3. The van der Waals surface area contributed by atoms with Gasteiger partial charge in [0.05, 0.1) is 12.1 Å². The first-order chi connectivity index (χ1) is 7.44. The van der Waals surface area contributed by atoms with E-state index in [2.05, 4.69) is 0 Å². The quantitative estimate of drug-likeness (QED) is 0.581. The van der Waals surface area contributed by atoms with E-state index in [1.807, 2.05) is 0 Å². The van der Waals surface area contributed by atoms with Gasteiger partial charge in [0, 0.05) is 0 Å². The van der Waals surface area contributed by atoms with Crippen molar-refractivity contribution in [2.24, 2.45) is 0 Å². The van der Waals surface area contributed by atoms with E-state index in [9.17, 15) is 10.2 Å². The summed E-state index contributed by atoms with van der Waals surface area (Å²) in [6.45, 7) is 1.69. The zero-order valence-corrected chi connectivity index (χ0v) is 10.3. The van der Waals surface area contributed by atoms with Crippen LogP contribution < -0.4 is 0 Å². The van der Waals surface area contributed by atoms with Gasteiger partial charge in [0.1, 0.15) is 18.0 Å². The van der Waals surface area contributed by atoms with Gasteiger partial charge in [-0.1, -0.05) is 29.3 Å². The van der Waals surface area contributed by atoms with E-state index in [4.69, 9.17) is 32.7 Å². The number of epoxide rings is 1. The molecule has 2 N–H and O–H groups in total. The molecular weight excluding hydrogens is 255 g/mol.